The van der Waals surface area contributed by atoms with Gasteiger partial charge in [0.05, 0.1) is 0 Å². The lowest BCUT2D eigenvalue weighted by molar-refractivity contribution is -0.122. The summed E-state index contributed by atoms with van der Waals surface area (Å²) in [5.41, 5.74) is 0.624. The number of allylic oxidation sites excluding steroid dienone is 3. The molecule has 0 aromatic carbocycles. The Bertz CT molecular complexity index is 586. The van der Waals surface area contributed by atoms with E-state index < -0.39 is 5.83 Å². The SMILES string of the molecule is C#C/C(F)=C\C(C)=C/CC(=O)NCC(CC)CCC.CCC(=O)NC(C)(C)CC. The number of nitrogens with one attached hydrogen (secondary N) is 2. The van der Waals surface area contributed by atoms with Crippen LogP contribution >= 0.6 is 0 Å². The van der Waals surface area contributed by atoms with Gasteiger partial charge in [0, 0.05) is 24.9 Å². The van der Waals surface area contributed by atoms with Crippen LogP contribution < -0.4 is 10.6 Å². The van der Waals surface area contributed by atoms with Gasteiger partial charge in [0.2, 0.25) is 11.8 Å². The number of carbonyl (C=O) groups is 2. The second-order valence-corrected chi connectivity index (χ2v) is 7.80. The first kappa shape index (κ1) is 29.1. The molecule has 0 radical (unpaired) electrons. The first-order valence-corrected chi connectivity index (χ1v) is 10.6. The number of rotatable bonds is 11. The van der Waals surface area contributed by atoms with Crippen molar-refractivity contribution >= 4 is 11.8 Å². The highest BCUT2D eigenvalue weighted by molar-refractivity contribution is 5.77. The molecule has 0 saturated carbocycles. The van der Waals surface area contributed by atoms with Crippen molar-refractivity contribution in [2.45, 2.75) is 92.5 Å². The standard InChI is InChI=1S/C16H24FNO.C8H17NO/c1-5-8-14(6-2)12-18-16(19)10-9-13(4)11-15(17)7-3;1-5-7(10)9-8(3,4)6-2/h3,9,11,14H,5-6,8,10,12H2,1-2,4H3,(H,18,19);5-6H2,1-4H3,(H,9,10)/b13-9-,15-11+;. The van der Waals surface area contributed by atoms with Crippen molar-refractivity contribution in [1.29, 1.82) is 0 Å². The van der Waals surface area contributed by atoms with E-state index in [0.717, 1.165) is 25.7 Å². The molecule has 0 heterocycles. The second kappa shape index (κ2) is 16.8. The van der Waals surface area contributed by atoms with Gasteiger partial charge in [0.15, 0.2) is 5.83 Å². The normalized spacial score (nSPS) is 12.9. The van der Waals surface area contributed by atoms with Crippen LogP contribution in [0.15, 0.2) is 23.6 Å². The summed E-state index contributed by atoms with van der Waals surface area (Å²) in [6.07, 6.45) is 12.9. The summed E-state index contributed by atoms with van der Waals surface area (Å²) in [6.45, 7) is 14.7. The van der Waals surface area contributed by atoms with Crippen molar-refractivity contribution in [3.8, 4) is 12.3 Å². The predicted octanol–water partition coefficient (Wildman–Crippen LogP) is 5.45. The topological polar surface area (TPSA) is 58.2 Å². The number of hydrogen-bond donors (Lipinski definition) is 2. The molecule has 5 heteroatoms. The van der Waals surface area contributed by atoms with Crippen LogP contribution in [0.5, 0.6) is 0 Å². The van der Waals surface area contributed by atoms with Crippen LogP contribution in [0.3, 0.4) is 0 Å². The summed E-state index contributed by atoms with van der Waals surface area (Å²) in [5.74, 6) is 1.91. The zero-order valence-corrected chi connectivity index (χ0v) is 19.5. The van der Waals surface area contributed by atoms with E-state index >= 15 is 0 Å². The Labute approximate surface area is 177 Å². The van der Waals surface area contributed by atoms with Gasteiger partial charge in [-0.25, -0.2) is 0 Å². The lowest BCUT2D eigenvalue weighted by Crippen LogP contribution is -2.42. The van der Waals surface area contributed by atoms with Gasteiger partial charge in [-0.15, -0.1) is 6.42 Å². The molecule has 0 bridgehead atoms. The largest absolute Gasteiger partial charge is 0.356 e. The zero-order chi connectivity index (χ0) is 22.9. The highest BCUT2D eigenvalue weighted by Crippen LogP contribution is 2.09. The minimum Gasteiger partial charge on any atom is -0.356 e. The number of hydrogen-bond acceptors (Lipinski definition) is 2. The monoisotopic (exact) mass is 408 g/mol. The van der Waals surface area contributed by atoms with Gasteiger partial charge in [-0.05, 0) is 51.5 Å². The smallest absolute Gasteiger partial charge is 0.223 e. The molecule has 0 saturated heterocycles. The Hall–Kier alpha value is -2.09. The minimum absolute atomic E-state index is 0.0346. The van der Waals surface area contributed by atoms with Crippen molar-refractivity contribution in [1.82, 2.24) is 10.6 Å². The molecular formula is C24H41FN2O2. The molecule has 0 aromatic rings. The van der Waals surface area contributed by atoms with Crippen LogP contribution in [0.4, 0.5) is 4.39 Å². The Kier molecular flexibility index (Phi) is 16.9. The van der Waals surface area contributed by atoms with Gasteiger partial charge < -0.3 is 10.6 Å². The molecule has 0 aliphatic heterocycles. The number of terminal acetylenes is 1. The Morgan fingerprint density at radius 1 is 1.17 bits per heavy atom. The fourth-order valence-corrected chi connectivity index (χ4v) is 2.30. The molecule has 1 atom stereocenters. The summed E-state index contributed by atoms with van der Waals surface area (Å²) in [5, 5.41) is 5.82. The summed E-state index contributed by atoms with van der Waals surface area (Å²) in [6, 6.07) is 0. The molecule has 0 spiro atoms. The average Bonchev–Trinajstić information content (AvgIpc) is 2.69. The third-order valence-corrected chi connectivity index (χ3v) is 4.65. The van der Waals surface area contributed by atoms with Gasteiger partial charge in [0.25, 0.3) is 0 Å². The average molecular weight is 409 g/mol. The molecule has 166 valence electrons. The lowest BCUT2D eigenvalue weighted by atomic mass is 10.0. The Balaban J connectivity index is 0. The molecule has 0 fully saturated rings. The molecule has 0 rings (SSSR count). The highest BCUT2D eigenvalue weighted by atomic mass is 19.1. The van der Waals surface area contributed by atoms with Crippen molar-refractivity contribution in [3.63, 3.8) is 0 Å². The Morgan fingerprint density at radius 3 is 2.24 bits per heavy atom. The van der Waals surface area contributed by atoms with Gasteiger partial charge in [0.1, 0.15) is 0 Å². The molecule has 1 unspecified atom stereocenters. The zero-order valence-electron chi connectivity index (χ0n) is 19.5. The predicted molar refractivity (Wildman–Crippen MR) is 121 cm³/mol. The van der Waals surface area contributed by atoms with Crippen molar-refractivity contribution < 1.29 is 14.0 Å². The molecule has 0 aliphatic carbocycles. The van der Waals surface area contributed by atoms with E-state index in [1.54, 1.807) is 13.0 Å². The summed E-state index contributed by atoms with van der Waals surface area (Å²) >= 11 is 0. The van der Waals surface area contributed by atoms with E-state index in [0.29, 0.717) is 24.5 Å². The number of carbonyl (C=O) groups excluding carboxylic acids is 2. The maximum absolute atomic E-state index is 12.8. The summed E-state index contributed by atoms with van der Waals surface area (Å²) in [4.78, 5) is 22.5. The van der Waals surface area contributed by atoms with Gasteiger partial charge in [-0.3, -0.25) is 9.59 Å². The maximum atomic E-state index is 12.8. The summed E-state index contributed by atoms with van der Waals surface area (Å²) < 4.78 is 12.8. The minimum atomic E-state index is -0.622. The van der Waals surface area contributed by atoms with Crippen molar-refractivity contribution in [2.24, 2.45) is 5.92 Å². The lowest BCUT2D eigenvalue weighted by Gasteiger charge is -2.23. The summed E-state index contributed by atoms with van der Waals surface area (Å²) in [7, 11) is 0. The van der Waals surface area contributed by atoms with E-state index in [1.807, 2.05) is 26.7 Å². The van der Waals surface area contributed by atoms with Gasteiger partial charge in [-0.2, -0.15) is 4.39 Å². The molecule has 29 heavy (non-hydrogen) atoms. The van der Waals surface area contributed by atoms with E-state index in [9.17, 15) is 14.0 Å². The van der Waals surface area contributed by atoms with E-state index in [4.69, 9.17) is 6.42 Å². The molecule has 2 amide bonds. The quantitative estimate of drug-likeness (QED) is 0.353. The van der Waals surface area contributed by atoms with Crippen LogP contribution in [0.2, 0.25) is 0 Å². The maximum Gasteiger partial charge on any atom is 0.223 e. The van der Waals surface area contributed by atoms with Crippen LogP contribution in [0.1, 0.15) is 87.0 Å². The fraction of sp³-hybridized carbons (Fsp3) is 0.667. The molecular weight excluding hydrogens is 367 g/mol. The van der Waals surface area contributed by atoms with E-state index in [2.05, 4.69) is 31.4 Å². The van der Waals surface area contributed by atoms with Crippen molar-refractivity contribution in [2.75, 3.05) is 6.54 Å². The third-order valence-electron chi connectivity index (χ3n) is 4.65. The van der Waals surface area contributed by atoms with Gasteiger partial charge >= 0.3 is 0 Å². The Morgan fingerprint density at radius 2 is 1.79 bits per heavy atom. The van der Waals surface area contributed by atoms with Crippen LogP contribution in [0, 0.1) is 18.3 Å². The van der Waals surface area contributed by atoms with Crippen molar-refractivity contribution in [3.05, 3.63) is 23.6 Å². The van der Waals surface area contributed by atoms with Crippen LogP contribution in [-0.4, -0.2) is 23.9 Å². The third kappa shape index (κ3) is 17.7. The first-order valence-electron chi connectivity index (χ1n) is 10.6. The van der Waals surface area contributed by atoms with Gasteiger partial charge in [-0.1, -0.05) is 52.2 Å². The van der Waals surface area contributed by atoms with E-state index in [-0.39, 0.29) is 23.8 Å². The molecule has 0 aromatic heterocycles. The number of amides is 2. The first-order chi connectivity index (χ1) is 13.5. The highest BCUT2D eigenvalue weighted by Gasteiger charge is 2.15. The molecule has 2 N–H and O–H groups in total. The molecule has 0 aliphatic rings. The van der Waals surface area contributed by atoms with Crippen LogP contribution in [0.25, 0.3) is 0 Å². The van der Waals surface area contributed by atoms with Crippen LogP contribution in [-0.2, 0) is 9.59 Å². The fourth-order valence-electron chi connectivity index (χ4n) is 2.30. The molecule has 4 nitrogen and oxygen atoms in total. The second-order valence-electron chi connectivity index (χ2n) is 7.80. The number of halogens is 1. The van der Waals surface area contributed by atoms with E-state index in [1.165, 1.54) is 6.08 Å².